The van der Waals surface area contributed by atoms with Crippen LogP contribution in [0.2, 0.25) is 0 Å². The number of benzene rings is 4. The zero-order valence-corrected chi connectivity index (χ0v) is 19.0. The molecule has 3 heteroatoms. The van der Waals surface area contributed by atoms with Gasteiger partial charge in [-0.2, -0.15) is 5.26 Å². The van der Waals surface area contributed by atoms with Gasteiger partial charge in [0, 0.05) is 0 Å². The fourth-order valence-corrected chi connectivity index (χ4v) is 3.70. The van der Waals surface area contributed by atoms with Gasteiger partial charge >= 0.3 is 5.97 Å². The molecule has 0 bridgehead atoms. The van der Waals surface area contributed by atoms with E-state index in [4.69, 9.17) is 10.00 Å². The van der Waals surface area contributed by atoms with Crippen LogP contribution in [0.15, 0.2) is 103 Å². The number of nitriles is 1. The molecule has 0 aromatic heterocycles. The SMILES string of the molecule is C[C@@H](Cc1ccc(C=Cc2ccc(C(=O)Oc3ccc(C#N)cc3)cc2)cc1)c1ccccc1. The van der Waals surface area contributed by atoms with Gasteiger partial charge in [0.15, 0.2) is 0 Å². The lowest BCUT2D eigenvalue weighted by molar-refractivity contribution is 0.0734. The standard InChI is InChI=1S/C31H25NO2/c1-23(28-5-3-2-4-6-28)21-26-11-9-24(10-12-26)7-8-25-13-17-29(18-14-25)31(33)34-30-19-15-27(22-32)16-20-30/h2-20,23H,21H2,1H3/t23-/m0/s1. The molecule has 4 rings (SSSR count). The van der Waals surface area contributed by atoms with Crippen molar-refractivity contribution in [3.63, 3.8) is 0 Å². The first kappa shape index (κ1) is 22.8. The van der Waals surface area contributed by atoms with Crippen molar-refractivity contribution < 1.29 is 9.53 Å². The van der Waals surface area contributed by atoms with Crippen molar-refractivity contribution in [2.75, 3.05) is 0 Å². The van der Waals surface area contributed by atoms with Crippen LogP contribution in [0.4, 0.5) is 0 Å². The van der Waals surface area contributed by atoms with Gasteiger partial charge in [0.25, 0.3) is 0 Å². The van der Waals surface area contributed by atoms with Gasteiger partial charge in [-0.1, -0.05) is 85.8 Å². The Morgan fingerprint density at radius 2 is 1.41 bits per heavy atom. The molecule has 1 atom stereocenters. The summed E-state index contributed by atoms with van der Waals surface area (Å²) in [5.41, 5.74) is 5.79. The highest BCUT2D eigenvalue weighted by Crippen LogP contribution is 2.21. The van der Waals surface area contributed by atoms with E-state index in [-0.39, 0.29) is 0 Å². The van der Waals surface area contributed by atoms with Crippen LogP contribution < -0.4 is 4.74 Å². The minimum Gasteiger partial charge on any atom is -0.423 e. The Morgan fingerprint density at radius 3 is 2.00 bits per heavy atom. The maximum Gasteiger partial charge on any atom is 0.343 e. The number of nitrogens with zero attached hydrogens (tertiary/aromatic N) is 1. The van der Waals surface area contributed by atoms with Crippen molar-refractivity contribution >= 4 is 18.1 Å². The van der Waals surface area contributed by atoms with Crippen LogP contribution in [0.25, 0.3) is 12.2 Å². The van der Waals surface area contributed by atoms with E-state index in [1.165, 1.54) is 11.1 Å². The van der Waals surface area contributed by atoms with Crippen LogP contribution in [0, 0.1) is 11.3 Å². The quantitative estimate of drug-likeness (QED) is 0.171. The smallest absolute Gasteiger partial charge is 0.343 e. The first-order chi connectivity index (χ1) is 16.6. The Balaban J connectivity index is 1.33. The summed E-state index contributed by atoms with van der Waals surface area (Å²) in [6, 6.07) is 35.0. The van der Waals surface area contributed by atoms with Gasteiger partial charge in [-0.3, -0.25) is 0 Å². The monoisotopic (exact) mass is 443 g/mol. The van der Waals surface area contributed by atoms with E-state index in [0.717, 1.165) is 17.5 Å². The van der Waals surface area contributed by atoms with Crippen LogP contribution >= 0.6 is 0 Å². The fourth-order valence-electron chi connectivity index (χ4n) is 3.70. The third kappa shape index (κ3) is 6.09. The second kappa shape index (κ2) is 10.9. The minimum atomic E-state index is -0.430. The van der Waals surface area contributed by atoms with Crippen LogP contribution in [-0.4, -0.2) is 5.97 Å². The van der Waals surface area contributed by atoms with Gasteiger partial charge < -0.3 is 4.74 Å². The predicted octanol–water partition coefficient (Wildman–Crippen LogP) is 7.29. The number of rotatable bonds is 7. The molecular formula is C31H25NO2. The van der Waals surface area contributed by atoms with Gasteiger partial charge in [0.05, 0.1) is 17.2 Å². The summed E-state index contributed by atoms with van der Waals surface area (Å²) in [7, 11) is 0. The average molecular weight is 444 g/mol. The molecule has 166 valence electrons. The number of carbonyl (C=O) groups is 1. The lowest BCUT2D eigenvalue weighted by atomic mass is 9.93. The second-order valence-corrected chi connectivity index (χ2v) is 8.24. The molecule has 0 unspecified atom stereocenters. The molecule has 4 aromatic carbocycles. The van der Waals surface area contributed by atoms with Crippen molar-refractivity contribution in [3.05, 3.63) is 137 Å². The number of carbonyl (C=O) groups excluding carboxylic acids is 1. The van der Waals surface area contributed by atoms with Crippen molar-refractivity contribution in [2.24, 2.45) is 0 Å². The molecular weight excluding hydrogens is 418 g/mol. The van der Waals surface area contributed by atoms with Crippen LogP contribution in [0.1, 0.15) is 51.0 Å². The lowest BCUT2D eigenvalue weighted by Gasteiger charge is -2.12. The third-order valence-corrected chi connectivity index (χ3v) is 5.70. The Morgan fingerprint density at radius 1 is 0.824 bits per heavy atom. The number of hydrogen-bond donors (Lipinski definition) is 0. The number of esters is 1. The molecule has 0 aliphatic carbocycles. The van der Waals surface area contributed by atoms with Gasteiger partial charge in [-0.05, 0) is 71.0 Å². The van der Waals surface area contributed by atoms with E-state index < -0.39 is 5.97 Å². The summed E-state index contributed by atoms with van der Waals surface area (Å²) in [6.45, 7) is 2.26. The van der Waals surface area contributed by atoms with E-state index in [1.807, 2.05) is 30.3 Å². The zero-order chi connectivity index (χ0) is 23.8. The van der Waals surface area contributed by atoms with E-state index in [1.54, 1.807) is 36.4 Å². The summed E-state index contributed by atoms with van der Waals surface area (Å²) in [5, 5.41) is 8.85. The highest BCUT2D eigenvalue weighted by atomic mass is 16.5. The van der Waals surface area contributed by atoms with E-state index >= 15 is 0 Å². The van der Waals surface area contributed by atoms with Crippen molar-refractivity contribution in [1.29, 1.82) is 5.26 Å². The van der Waals surface area contributed by atoms with Gasteiger partial charge in [0.2, 0.25) is 0 Å². The molecule has 0 saturated carbocycles. The molecule has 0 N–H and O–H groups in total. The van der Waals surface area contributed by atoms with E-state index in [9.17, 15) is 4.79 Å². The van der Waals surface area contributed by atoms with Gasteiger partial charge in [-0.25, -0.2) is 4.79 Å². The summed E-state index contributed by atoms with van der Waals surface area (Å²) >= 11 is 0. The largest absolute Gasteiger partial charge is 0.423 e. The number of ether oxygens (including phenoxy) is 1. The second-order valence-electron chi connectivity index (χ2n) is 8.24. The molecule has 0 aliphatic heterocycles. The van der Waals surface area contributed by atoms with Crippen molar-refractivity contribution in [3.8, 4) is 11.8 Å². The first-order valence-electron chi connectivity index (χ1n) is 11.2. The number of hydrogen-bond acceptors (Lipinski definition) is 3. The van der Waals surface area contributed by atoms with Gasteiger partial charge in [-0.15, -0.1) is 0 Å². The molecule has 0 aliphatic rings. The molecule has 0 amide bonds. The van der Waals surface area contributed by atoms with Crippen molar-refractivity contribution in [1.82, 2.24) is 0 Å². The molecule has 0 radical (unpaired) electrons. The van der Waals surface area contributed by atoms with E-state index in [0.29, 0.717) is 22.8 Å². The molecule has 0 spiro atoms. The maximum absolute atomic E-state index is 12.4. The van der Waals surface area contributed by atoms with Gasteiger partial charge in [0.1, 0.15) is 5.75 Å². The molecule has 0 fully saturated rings. The fraction of sp³-hybridized carbons (Fsp3) is 0.0968. The molecule has 0 heterocycles. The highest BCUT2D eigenvalue weighted by Gasteiger charge is 2.08. The predicted molar refractivity (Wildman–Crippen MR) is 136 cm³/mol. The maximum atomic E-state index is 12.4. The third-order valence-electron chi connectivity index (χ3n) is 5.70. The van der Waals surface area contributed by atoms with Crippen molar-refractivity contribution in [2.45, 2.75) is 19.3 Å². The molecule has 3 nitrogen and oxygen atoms in total. The Hall–Kier alpha value is -4.42. The molecule has 0 saturated heterocycles. The average Bonchev–Trinajstić information content (AvgIpc) is 2.89. The Labute approximate surface area is 200 Å². The zero-order valence-electron chi connectivity index (χ0n) is 19.0. The lowest BCUT2D eigenvalue weighted by Crippen LogP contribution is -2.08. The normalized spacial score (nSPS) is 11.6. The summed E-state index contributed by atoms with van der Waals surface area (Å²) < 4.78 is 5.37. The van der Waals surface area contributed by atoms with E-state index in [2.05, 4.69) is 61.5 Å². The summed E-state index contributed by atoms with van der Waals surface area (Å²) in [4.78, 5) is 12.4. The topological polar surface area (TPSA) is 50.1 Å². The molecule has 34 heavy (non-hydrogen) atoms. The highest BCUT2D eigenvalue weighted by molar-refractivity contribution is 5.91. The minimum absolute atomic E-state index is 0.412. The summed E-state index contributed by atoms with van der Waals surface area (Å²) in [6.07, 6.45) is 5.10. The first-order valence-corrected chi connectivity index (χ1v) is 11.2. The van der Waals surface area contributed by atoms with Crippen LogP contribution in [-0.2, 0) is 6.42 Å². The molecule has 4 aromatic rings. The Bertz CT molecular complexity index is 1300. The van der Waals surface area contributed by atoms with Crippen LogP contribution in [0.3, 0.4) is 0 Å². The van der Waals surface area contributed by atoms with Crippen LogP contribution in [0.5, 0.6) is 5.75 Å². The summed E-state index contributed by atoms with van der Waals surface area (Å²) in [5.74, 6) is 0.458. The Kier molecular flexibility index (Phi) is 7.32.